The van der Waals surface area contributed by atoms with Crippen molar-refractivity contribution in [2.75, 3.05) is 0 Å². The average molecular weight is 307 g/mol. The summed E-state index contributed by atoms with van der Waals surface area (Å²) >= 11 is 0. The molecular formula is C10H16O4Pd. The molecule has 0 atom stereocenters. The van der Waals surface area contributed by atoms with Crippen molar-refractivity contribution < 1.29 is 40.2 Å². The van der Waals surface area contributed by atoms with E-state index >= 15 is 0 Å². The van der Waals surface area contributed by atoms with Crippen LogP contribution in [-0.4, -0.2) is 21.8 Å². The molecule has 0 spiro atoms. The molecule has 0 aliphatic rings. The van der Waals surface area contributed by atoms with Crippen LogP contribution in [0.25, 0.3) is 0 Å². The maximum atomic E-state index is 10.0. The summed E-state index contributed by atoms with van der Waals surface area (Å²) < 4.78 is 0. The minimum Gasteiger partial charge on any atom is -0.512 e. The molecule has 0 heterocycles. The minimum absolute atomic E-state index is 0. The molecular weight excluding hydrogens is 291 g/mol. The number of carbonyl (C=O) groups excluding carboxylic acids is 2. The van der Waals surface area contributed by atoms with Gasteiger partial charge in [0, 0.05) is 32.6 Å². The normalized spacial score (nSPS) is 10.7. The SMILES string of the molecule is CC(=O)/C=C(\C)O.CC(=O)/C=C(\C)O.[Pd]. The quantitative estimate of drug-likeness (QED) is 0.465. The summed E-state index contributed by atoms with van der Waals surface area (Å²) in [5.41, 5.74) is 0. The number of carbonyl (C=O) groups is 2. The molecule has 0 fully saturated rings. The summed E-state index contributed by atoms with van der Waals surface area (Å²) in [6, 6.07) is 0. The molecule has 2 N–H and O–H groups in total. The Labute approximate surface area is 103 Å². The number of aliphatic hydroxyl groups excluding tert-OH is 2. The molecule has 0 aromatic carbocycles. The van der Waals surface area contributed by atoms with E-state index in [0.29, 0.717) is 0 Å². The van der Waals surface area contributed by atoms with Crippen molar-refractivity contribution in [3.8, 4) is 0 Å². The van der Waals surface area contributed by atoms with Gasteiger partial charge in [0.15, 0.2) is 11.6 Å². The Morgan fingerprint density at radius 3 is 1.00 bits per heavy atom. The van der Waals surface area contributed by atoms with Crippen LogP contribution >= 0.6 is 0 Å². The van der Waals surface area contributed by atoms with Gasteiger partial charge in [-0.05, 0) is 27.7 Å². The monoisotopic (exact) mass is 306 g/mol. The van der Waals surface area contributed by atoms with Crippen molar-refractivity contribution in [1.82, 2.24) is 0 Å². The smallest absolute Gasteiger partial charge is 0.155 e. The van der Waals surface area contributed by atoms with Crippen LogP contribution in [0.2, 0.25) is 0 Å². The Hall–Kier alpha value is -0.918. The number of rotatable bonds is 2. The van der Waals surface area contributed by atoms with Crippen LogP contribution in [-0.2, 0) is 30.0 Å². The molecule has 0 bridgehead atoms. The molecule has 0 aromatic heterocycles. The van der Waals surface area contributed by atoms with Crippen LogP contribution in [0.15, 0.2) is 23.7 Å². The first kappa shape index (κ1) is 19.6. The molecule has 0 saturated heterocycles. The first-order valence-electron chi connectivity index (χ1n) is 4.01. The van der Waals surface area contributed by atoms with E-state index in [0.717, 1.165) is 0 Å². The molecule has 5 heteroatoms. The van der Waals surface area contributed by atoms with Crippen molar-refractivity contribution in [1.29, 1.82) is 0 Å². The molecule has 0 aromatic rings. The van der Waals surface area contributed by atoms with Crippen LogP contribution in [0.4, 0.5) is 0 Å². The van der Waals surface area contributed by atoms with Crippen molar-refractivity contribution in [2.24, 2.45) is 0 Å². The summed E-state index contributed by atoms with van der Waals surface area (Å²) in [6.07, 6.45) is 2.33. The van der Waals surface area contributed by atoms with Crippen LogP contribution in [0.5, 0.6) is 0 Å². The molecule has 15 heavy (non-hydrogen) atoms. The van der Waals surface area contributed by atoms with E-state index in [1.807, 2.05) is 0 Å². The van der Waals surface area contributed by atoms with E-state index < -0.39 is 0 Å². The number of hydrogen-bond donors (Lipinski definition) is 2. The summed E-state index contributed by atoms with van der Waals surface area (Å²) in [6.45, 7) is 5.70. The van der Waals surface area contributed by atoms with Crippen molar-refractivity contribution in [3.63, 3.8) is 0 Å². The van der Waals surface area contributed by atoms with Gasteiger partial charge >= 0.3 is 0 Å². The van der Waals surface area contributed by atoms with Crippen LogP contribution in [0.1, 0.15) is 27.7 Å². The topological polar surface area (TPSA) is 74.6 Å². The van der Waals surface area contributed by atoms with E-state index in [-0.39, 0.29) is 43.5 Å². The van der Waals surface area contributed by atoms with E-state index in [9.17, 15) is 9.59 Å². The second-order valence-corrected chi connectivity index (χ2v) is 2.79. The first-order chi connectivity index (χ1) is 6.25. The summed E-state index contributed by atoms with van der Waals surface area (Å²) in [5.74, 6) is -0.125. The largest absolute Gasteiger partial charge is 0.512 e. The summed E-state index contributed by atoms with van der Waals surface area (Å²) in [7, 11) is 0. The van der Waals surface area contributed by atoms with Gasteiger partial charge in [-0.1, -0.05) is 0 Å². The third-order valence-corrected chi connectivity index (χ3v) is 0.824. The van der Waals surface area contributed by atoms with Crippen LogP contribution in [0, 0.1) is 0 Å². The van der Waals surface area contributed by atoms with Gasteiger partial charge in [-0.3, -0.25) is 9.59 Å². The van der Waals surface area contributed by atoms with Crippen molar-refractivity contribution >= 4 is 11.6 Å². The molecule has 90 valence electrons. The average Bonchev–Trinajstić information content (AvgIpc) is 1.79. The predicted molar refractivity (Wildman–Crippen MR) is 54.1 cm³/mol. The number of aliphatic hydroxyl groups is 2. The van der Waals surface area contributed by atoms with Gasteiger partial charge in [-0.15, -0.1) is 0 Å². The molecule has 4 nitrogen and oxygen atoms in total. The Bertz CT molecular complexity index is 231. The third-order valence-electron chi connectivity index (χ3n) is 0.824. The third kappa shape index (κ3) is 32.0. The first-order valence-corrected chi connectivity index (χ1v) is 4.01. The molecule has 0 unspecified atom stereocenters. The van der Waals surface area contributed by atoms with Gasteiger partial charge in [0.1, 0.15) is 0 Å². The van der Waals surface area contributed by atoms with Gasteiger partial charge in [0.2, 0.25) is 0 Å². The predicted octanol–water partition coefficient (Wildman–Crippen LogP) is 2.07. The zero-order valence-electron chi connectivity index (χ0n) is 9.18. The van der Waals surface area contributed by atoms with E-state index in [4.69, 9.17) is 10.2 Å². The zero-order valence-corrected chi connectivity index (χ0v) is 10.7. The number of hydrogen-bond acceptors (Lipinski definition) is 4. The zero-order chi connectivity index (χ0) is 11.7. The number of allylic oxidation sites excluding steroid dienone is 4. The van der Waals surface area contributed by atoms with Crippen LogP contribution in [0.3, 0.4) is 0 Å². The molecule has 0 saturated carbocycles. The van der Waals surface area contributed by atoms with Gasteiger partial charge in [0.25, 0.3) is 0 Å². The molecule has 0 rings (SSSR count). The Morgan fingerprint density at radius 1 is 0.800 bits per heavy atom. The fourth-order valence-electron chi connectivity index (χ4n) is 0.588. The maximum Gasteiger partial charge on any atom is 0.155 e. The van der Waals surface area contributed by atoms with E-state index in [1.54, 1.807) is 0 Å². The van der Waals surface area contributed by atoms with Crippen molar-refractivity contribution in [2.45, 2.75) is 27.7 Å². The molecule has 0 amide bonds. The van der Waals surface area contributed by atoms with E-state index in [2.05, 4.69) is 0 Å². The Kier molecular flexibility index (Phi) is 14.6. The second kappa shape index (κ2) is 11.2. The van der Waals surface area contributed by atoms with Gasteiger partial charge in [-0.2, -0.15) is 0 Å². The van der Waals surface area contributed by atoms with Gasteiger partial charge in [-0.25, -0.2) is 0 Å². The van der Waals surface area contributed by atoms with Crippen molar-refractivity contribution in [3.05, 3.63) is 23.7 Å². The van der Waals surface area contributed by atoms with Gasteiger partial charge < -0.3 is 10.2 Å². The van der Waals surface area contributed by atoms with E-state index in [1.165, 1.54) is 39.8 Å². The fourth-order valence-corrected chi connectivity index (χ4v) is 0.588. The summed E-state index contributed by atoms with van der Waals surface area (Å²) in [4.78, 5) is 20.0. The van der Waals surface area contributed by atoms with Crippen LogP contribution < -0.4 is 0 Å². The van der Waals surface area contributed by atoms with Gasteiger partial charge in [0.05, 0.1) is 11.5 Å². The second-order valence-electron chi connectivity index (χ2n) is 2.79. The fraction of sp³-hybridized carbons (Fsp3) is 0.400. The standard InChI is InChI=1S/2C5H8O2.Pd/c2*1-4(6)3-5(2)7;/h2*3,6H,1-2H3;/b2*4-3+;. The maximum absolute atomic E-state index is 10.0. The molecule has 0 radical (unpaired) electrons. The Balaban J connectivity index is -0.000000180. The summed E-state index contributed by atoms with van der Waals surface area (Å²) in [5, 5.41) is 16.7. The molecule has 0 aliphatic carbocycles. The Morgan fingerprint density at radius 2 is 1.00 bits per heavy atom. The molecule has 0 aliphatic heterocycles. The number of ketones is 2. The minimum atomic E-state index is -0.125.